The van der Waals surface area contributed by atoms with Crippen molar-refractivity contribution in [3.63, 3.8) is 0 Å². The molecule has 0 spiro atoms. The van der Waals surface area contributed by atoms with Gasteiger partial charge in [0, 0.05) is 12.6 Å². The van der Waals surface area contributed by atoms with Crippen molar-refractivity contribution in [2.75, 3.05) is 0 Å². The molecule has 0 atom stereocenters. The van der Waals surface area contributed by atoms with Crippen LogP contribution in [0.2, 0.25) is 0 Å². The summed E-state index contributed by atoms with van der Waals surface area (Å²) in [6.07, 6.45) is 6.74. The highest BCUT2D eigenvalue weighted by Gasteiger charge is 2.11. The summed E-state index contributed by atoms with van der Waals surface area (Å²) in [5.74, 6) is 0.164. The van der Waals surface area contributed by atoms with Gasteiger partial charge in [-0.3, -0.25) is 9.78 Å². The van der Waals surface area contributed by atoms with Crippen LogP contribution in [0.15, 0.2) is 24.4 Å². The van der Waals surface area contributed by atoms with Crippen LogP contribution >= 0.6 is 0 Å². The lowest BCUT2D eigenvalue weighted by Crippen LogP contribution is -1.93. The molecule has 0 bridgehead atoms. The van der Waals surface area contributed by atoms with Crippen LogP contribution in [0.4, 0.5) is 0 Å². The van der Waals surface area contributed by atoms with E-state index in [1.165, 1.54) is 0 Å². The number of hydrogen-bond donors (Lipinski definition) is 0. The molecule has 0 radical (unpaired) electrons. The smallest absolute Gasteiger partial charge is 0.156 e. The van der Waals surface area contributed by atoms with Gasteiger partial charge in [-0.15, -0.1) is 0 Å². The van der Waals surface area contributed by atoms with E-state index in [-0.39, 0.29) is 5.78 Å². The van der Waals surface area contributed by atoms with Gasteiger partial charge in [-0.2, -0.15) is 5.26 Å². The minimum atomic E-state index is 0.164. The van der Waals surface area contributed by atoms with E-state index in [4.69, 9.17) is 5.26 Å². The van der Waals surface area contributed by atoms with Gasteiger partial charge in [0.1, 0.15) is 0 Å². The molecule has 0 saturated carbocycles. The molecule has 1 aliphatic carbocycles. The lowest BCUT2D eigenvalue weighted by molar-refractivity contribution is -0.114. The van der Waals surface area contributed by atoms with Crippen LogP contribution in [0.1, 0.15) is 36.9 Å². The van der Waals surface area contributed by atoms with E-state index in [2.05, 4.69) is 11.1 Å². The Hall–Kier alpha value is -1.95. The number of allylic oxidation sites excluding steroid dienone is 2. The average Bonchev–Trinajstić information content (AvgIpc) is 2.54. The molecular formula is C13H12N2O. The van der Waals surface area contributed by atoms with E-state index in [1.54, 1.807) is 24.4 Å². The van der Waals surface area contributed by atoms with Crippen molar-refractivity contribution < 1.29 is 4.79 Å². The lowest BCUT2D eigenvalue weighted by Gasteiger charge is -2.03. The molecule has 2 rings (SSSR count). The van der Waals surface area contributed by atoms with Crippen molar-refractivity contribution in [2.24, 2.45) is 0 Å². The average molecular weight is 212 g/mol. The lowest BCUT2D eigenvalue weighted by atomic mass is 10.1. The number of carbonyl (C=O) groups excluding carboxylic acids is 1. The van der Waals surface area contributed by atoms with Crippen molar-refractivity contribution >= 4 is 11.4 Å². The second-order valence-electron chi connectivity index (χ2n) is 3.88. The summed E-state index contributed by atoms with van der Waals surface area (Å²) < 4.78 is 0. The second-order valence-corrected chi connectivity index (χ2v) is 3.88. The number of aromatic nitrogens is 1. The fourth-order valence-electron chi connectivity index (χ4n) is 1.83. The summed E-state index contributed by atoms with van der Waals surface area (Å²) in [4.78, 5) is 15.7. The van der Waals surface area contributed by atoms with Crippen molar-refractivity contribution in [1.82, 2.24) is 4.98 Å². The standard InChI is InChI=1S/C13H12N2O/c14-9-10-5-6-15-13(7-10)11-3-1-2-4-12(16)8-11/h5-8H,1-4H2. The number of ketones is 1. The minimum absolute atomic E-state index is 0.164. The predicted octanol–water partition coefficient (Wildman–Crippen LogP) is 2.48. The molecule has 1 aromatic heterocycles. The Bertz CT molecular complexity index is 483. The highest BCUT2D eigenvalue weighted by atomic mass is 16.1. The SMILES string of the molecule is N#Cc1ccnc(C2=CC(=O)CCCC2)c1. The molecule has 16 heavy (non-hydrogen) atoms. The number of hydrogen-bond acceptors (Lipinski definition) is 3. The van der Waals surface area contributed by atoms with Gasteiger partial charge in [0.25, 0.3) is 0 Å². The molecule has 0 N–H and O–H groups in total. The largest absolute Gasteiger partial charge is 0.295 e. The van der Waals surface area contributed by atoms with Gasteiger partial charge in [0.15, 0.2) is 5.78 Å². The third-order valence-corrected chi connectivity index (χ3v) is 2.67. The van der Waals surface area contributed by atoms with E-state index >= 15 is 0 Å². The summed E-state index contributed by atoms with van der Waals surface area (Å²) in [7, 11) is 0. The minimum Gasteiger partial charge on any atom is -0.295 e. The summed E-state index contributed by atoms with van der Waals surface area (Å²) in [6, 6.07) is 5.49. The van der Waals surface area contributed by atoms with Crippen LogP contribution in [0.25, 0.3) is 5.57 Å². The molecule has 3 nitrogen and oxygen atoms in total. The van der Waals surface area contributed by atoms with Crippen molar-refractivity contribution in [1.29, 1.82) is 5.26 Å². The van der Waals surface area contributed by atoms with Crippen molar-refractivity contribution in [3.8, 4) is 6.07 Å². The Morgan fingerprint density at radius 2 is 2.12 bits per heavy atom. The van der Waals surface area contributed by atoms with Gasteiger partial charge in [-0.1, -0.05) is 0 Å². The maximum absolute atomic E-state index is 11.5. The molecule has 0 fully saturated rings. The normalized spacial score (nSPS) is 16.2. The van der Waals surface area contributed by atoms with Crippen molar-refractivity contribution in [3.05, 3.63) is 35.7 Å². The molecule has 1 aromatic rings. The third kappa shape index (κ3) is 2.34. The summed E-state index contributed by atoms with van der Waals surface area (Å²) >= 11 is 0. The van der Waals surface area contributed by atoms with E-state index in [9.17, 15) is 4.79 Å². The summed E-state index contributed by atoms with van der Waals surface area (Å²) in [5.41, 5.74) is 2.30. The van der Waals surface area contributed by atoms with Crippen LogP contribution in [-0.2, 0) is 4.79 Å². The molecular weight excluding hydrogens is 200 g/mol. The van der Waals surface area contributed by atoms with E-state index in [1.807, 2.05) is 0 Å². The van der Waals surface area contributed by atoms with Crippen LogP contribution < -0.4 is 0 Å². The highest BCUT2D eigenvalue weighted by molar-refractivity contribution is 5.96. The zero-order valence-corrected chi connectivity index (χ0v) is 8.94. The monoisotopic (exact) mass is 212 g/mol. The van der Waals surface area contributed by atoms with Gasteiger partial charge >= 0.3 is 0 Å². The fraction of sp³-hybridized carbons (Fsp3) is 0.308. The predicted molar refractivity (Wildman–Crippen MR) is 60.4 cm³/mol. The first kappa shape index (κ1) is 10.6. The van der Waals surface area contributed by atoms with Crippen LogP contribution in [0.3, 0.4) is 0 Å². The van der Waals surface area contributed by atoms with Gasteiger partial charge in [0.05, 0.1) is 17.3 Å². The first-order chi connectivity index (χ1) is 7.79. The number of nitriles is 1. The van der Waals surface area contributed by atoms with E-state index in [0.717, 1.165) is 30.5 Å². The quantitative estimate of drug-likeness (QED) is 0.718. The van der Waals surface area contributed by atoms with Gasteiger partial charge in [0.2, 0.25) is 0 Å². The number of nitrogens with zero attached hydrogens (tertiary/aromatic N) is 2. The fourth-order valence-corrected chi connectivity index (χ4v) is 1.83. The summed E-state index contributed by atoms with van der Waals surface area (Å²) in [5, 5.41) is 8.80. The topological polar surface area (TPSA) is 53.8 Å². The molecule has 0 aromatic carbocycles. The summed E-state index contributed by atoms with van der Waals surface area (Å²) in [6.45, 7) is 0. The van der Waals surface area contributed by atoms with Crippen molar-refractivity contribution in [2.45, 2.75) is 25.7 Å². The molecule has 0 amide bonds. The Labute approximate surface area is 94.4 Å². The number of pyridine rings is 1. The maximum atomic E-state index is 11.5. The first-order valence-electron chi connectivity index (χ1n) is 5.39. The van der Waals surface area contributed by atoms with Gasteiger partial charge < -0.3 is 0 Å². The molecule has 3 heteroatoms. The number of rotatable bonds is 1. The Morgan fingerprint density at radius 1 is 1.31 bits per heavy atom. The Kier molecular flexibility index (Phi) is 3.11. The maximum Gasteiger partial charge on any atom is 0.156 e. The molecule has 0 saturated heterocycles. The first-order valence-corrected chi connectivity index (χ1v) is 5.39. The van der Waals surface area contributed by atoms with Crippen LogP contribution in [0.5, 0.6) is 0 Å². The zero-order chi connectivity index (χ0) is 11.4. The Balaban J connectivity index is 2.35. The second kappa shape index (κ2) is 4.71. The van der Waals surface area contributed by atoms with Gasteiger partial charge in [-0.05, 0) is 43.0 Å². The molecule has 1 aliphatic rings. The molecule has 80 valence electrons. The van der Waals surface area contributed by atoms with Crippen LogP contribution in [0, 0.1) is 11.3 Å². The molecule has 0 aliphatic heterocycles. The van der Waals surface area contributed by atoms with E-state index < -0.39 is 0 Å². The van der Waals surface area contributed by atoms with Gasteiger partial charge in [-0.25, -0.2) is 0 Å². The zero-order valence-electron chi connectivity index (χ0n) is 8.94. The number of carbonyl (C=O) groups is 1. The van der Waals surface area contributed by atoms with E-state index in [0.29, 0.717) is 12.0 Å². The highest BCUT2D eigenvalue weighted by Crippen LogP contribution is 2.23. The third-order valence-electron chi connectivity index (χ3n) is 2.67. The Morgan fingerprint density at radius 3 is 2.94 bits per heavy atom. The molecule has 0 unspecified atom stereocenters. The molecule has 1 heterocycles. The van der Waals surface area contributed by atoms with Crippen LogP contribution in [-0.4, -0.2) is 10.8 Å².